The van der Waals surface area contributed by atoms with E-state index in [1.54, 1.807) is 43.3 Å². The second-order valence-electron chi connectivity index (χ2n) is 4.21. The van der Waals surface area contributed by atoms with Gasteiger partial charge in [-0.25, -0.2) is 0 Å². The van der Waals surface area contributed by atoms with Crippen LogP contribution in [0.3, 0.4) is 0 Å². The standard InChI is InChI=1S/C15H13BrClNO2/c1-10(20-14-8-2-11(16)3-9-14)15(19)18-13-6-4-12(17)5-7-13/h2-10H,1H3,(H,18,19)/t10-/m1/s1. The maximum absolute atomic E-state index is 12.0. The molecule has 20 heavy (non-hydrogen) atoms. The average molecular weight is 355 g/mol. The zero-order valence-corrected chi connectivity index (χ0v) is 13.1. The summed E-state index contributed by atoms with van der Waals surface area (Å²) in [6.45, 7) is 1.70. The van der Waals surface area contributed by atoms with E-state index < -0.39 is 6.10 Å². The molecule has 0 saturated carbocycles. The Morgan fingerprint density at radius 1 is 1.15 bits per heavy atom. The Morgan fingerprint density at radius 3 is 2.35 bits per heavy atom. The predicted octanol–water partition coefficient (Wildman–Crippen LogP) is 4.51. The molecule has 0 bridgehead atoms. The Labute approximate surface area is 131 Å². The number of rotatable bonds is 4. The smallest absolute Gasteiger partial charge is 0.265 e. The zero-order chi connectivity index (χ0) is 14.5. The van der Waals surface area contributed by atoms with Gasteiger partial charge >= 0.3 is 0 Å². The van der Waals surface area contributed by atoms with Crippen molar-refractivity contribution in [2.45, 2.75) is 13.0 Å². The van der Waals surface area contributed by atoms with Crippen LogP contribution in [0.5, 0.6) is 5.75 Å². The van der Waals surface area contributed by atoms with Crippen molar-refractivity contribution in [1.29, 1.82) is 0 Å². The summed E-state index contributed by atoms with van der Waals surface area (Å²) in [5.74, 6) is 0.433. The first-order valence-corrected chi connectivity index (χ1v) is 7.20. The van der Waals surface area contributed by atoms with Crippen molar-refractivity contribution in [2.75, 3.05) is 5.32 Å². The maximum atomic E-state index is 12.0. The third-order valence-corrected chi connectivity index (χ3v) is 3.39. The number of carbonyl (C=O) groups is 1. The van der Waals surface area contributed by atoms with Gasteiger partial charge in [0.15, 0.2) is 6.10 Å². The van der Waals surface area contributed by atoms with Crippen LogP contribution in [0.15, 0.2) is 53.0 Å². The molecular weight excluding hydrogens is 342 g/mol. The molecule has 104 valence electrons. The van der Waals surface area contributed by atoms with Gasteiger partial charge in [0.05, 0.1) is 0 Å². The lowest BCUT2D eigenvalue weighted by Gasteiger charge is -2.14. The highest BCUT2D eigenvalue weighted by molar-refractivity contribution is 9.10. The molecule has 5 heteroatoms. The number of halogens is 2. The van der Waals surface area contributed by atoms with Gasteiger partial charge in [0.2, 0.25) is 0 Å². The van der Waals surface area contributed by atoms with Gasteiger partial charge in [0.25, 0.3) is 5.91 Å². The molecule has 0 aliphatic heterocycles. The predicted molar refractivity (Wildman–Crippen MR) is 84.3 cm³/mol. The quantitative estimate of drug-likeness (QED) is 0.877. The minimum absolute atomic E-state index is 0.213. The van der Waals surface area contributed by atoms with Crippen LogP contribution in [0.1, 0.15) is 6.92 Å². The van der Waals surface area contributed by atoms with Crippen molar-refractivity contribution in [2.24, 2.45) is 0 Å². The molecular formula is C15H13BrClNO2. The van der Waals surface area contributed by atoms with Gasteiger partial charge in [-0.1, -0.05) is 27.5 Å². The summed E-state index contributed by atoms with van der Waals surface area (Å²) < 4.78 is 6.53. The third kappa shape index (κ3) is 4.25. The van der Waals surface area contributed by atoms with Crippen LogP contribution in [-0.4, -0.2) is 12.0 Å². The first-order valence-electron chi connectivity index (χ1n) is 6.03. The summed E-state index contributed by atoms with van der Waals surface area (Å²) in [6.07, 6.45) is -0.591. The van der Waals surface area contributed by atoms with Crippen LogP contribution in [-0.2, 0) is 4.79 Å². The first-order chi connectivity index (χ1) is 9.54. The molecule has 2 aromatic rings. The largest absolute Gasteiger partial charge is 0.481 e. The van der Waals surface area contributed by atoms with Gasteiger partial charge in [-0.05, 0) is 55.5 Å². The summed E-state index contributed by atoms with van der Waals surface area (Å²) >= 11 is 9.13. The summed E-state index contributed by atoms with van der Waals surface area (Å²) in [4.78, 5) is 12.0. The Morgan fingerprint density at radius 2 is 1.75 bits per heavy atom. The topological polar surface area (TPSA) is 38.3 Å². The van der Waals surface area contributed by atoms with E-state index in [0.717, 1.165) is 4.47 Å². The summed E-state index contributed by atoms with van der Waals surface area (Å²) in [6, 6.07) is 14.2. The maximum Gasteiger partial charge on any atom is 0.265 e. The molecule has 0 saturated heterocycles. The van der Waals surface area contributed by atoms with Crippen LogP contribution >= 0.6 is 27.5 Å². The van der Waals surface area contributed by atoms with Crippen LogP contribution in [0, 0.1) is 0 Å². The minimum Gasteiger partial charge on any atom is -0.481 e. The van der Waals surface area contributed by atoms with Crippen molar-refractivity contribution < 1.29 is 9.53 Å². The monoisotopic (exact) mass is 353 g/mol. The molecule has 0 radical (unpaired) electrons. The molecule has 0 aromatic heterocycles. The summed E-state index contributed by atoms with van der Waals surface area (Å²) in [7, 11) is 0. The van der Waals surface area contributed by atoms with E-state index in [4.69, 9.17) is 16.3 Å². The van der Waals surface area contributed by atoms with Gasteiger partial charge in [-0.3, -0.25) is 4.79 Å². The molecule has 0 spiro atoms. The van der Waals surface area contributed by atoms with E-state index in [0.29, 0.717) is 16.5 Å². The van der Waals surface area contributed by atoms with Crippen LogP contribution in [0.2, 0.25) is 5.02 Å². The van der Waals surface area contributed by atoms with Crippen LogP contribution in [0.25, 0.3) is 0 Å². The Hall–Kier alpha value is -1.52. The van der Waals surface area contributed by atoms with E-state index in [1.807, 2.05) is 12.1 Å². The van der Waals surface area contributed by atoms with Crippen LogP contribution < -0.4 is 10.1 Å². The van der Waals surface area contributed by atoms with Crippen LogP contribution in [0.4, 0.5) is 5.69 Å². The average Bonchev–Trinajstić information content (AvgIpc) is 2.44. The van der Waals surface area contributed by atoms with E-state index in [2.05, 4.69) is 21.2 Å². The lowest BCUT2D eigenvalue weighted by molar-refractivity contribution is -0.122. The van der Waals surface area contributed by atoms with Gasteiger partial charge < -0.3 is 10.1 Å². The lowest BCUT2D eigenvalue weighted by Crippen LogP contribution is -2.30. The molecule has 1 N–H and O–H groups in total. The van der Waals surface area contributed by atoms with Gasteiger partial charge in [0.1, 0.15) is 5.75 Å². The fraction of sp³-hybridized carbons (Fsp3) is 0.133. The highest BCUT2D eigenvalue weighted by atomic mass is 79.9. The molecule has 1 atom stereocenters. The third-order valence-electron chi connectivity index (χ3n) is 2.61. The second-order valence-corrected chi connectivity index (χ2v) is 5.56. The highest BCUT2D eigenvalue weighted by Gasteiger charge is 2.14. The Kier molecular flexibility index (Phi) is 5.04. The fourth-order valence-corrected chi connectivity index (χ4v) is 1.94. The van der Waals surface area contributed by atoms with Crippen molar-refractivity contribution in [1.82, 2.24) is 0 Å². The number of ether oxygens (including phenoxy) is 1. The van der Waals surface area contributed by atoms with E-state index in [9.17, 15) is 4.79 Å². The molecule has 0 heterocycles. The number of anilines is 1. The zero-order valence-electron chi connectivity index (χ0n) is 10.8. The lowest BCUT2D eigenvalue weighted by atomic mass is 10.3. The van der Waals surface area contributed by atoms with Gasteiger partial charge in [-0.2, -0.15) is 0 Å². The van der Waals surface area contributed by atoms with E-state index >= 15 is 0 Å². The van der Waals surface area contributed by atoms with Gasteiger partial charge in [-0.15, -0.1) is 0 Å². The number of benzene rings is 2. The molecule has 0 aliphatic carbocycles. The Bertz CT molecular complexity index is 584. The molecule has 0 fully saturated rings. The van der Waals surface area contributed by atoms with E-state index in [-0.39, 0.29) is 5.91 Å². The molecule has 0 unspecified atom stereocenters. The second kappa shape index (κ2) is 6.77. The molecule has 1 amide bonds. The summed E-state index contributed by atoms with van der Waals surface area (Å²) in [5, 5.41) is 3.40. The van der Waals surface area contributed by atoms with Gasteiger partial charge in [0, 0.05) is 15.2 Å². The van der Waals surface area contributed by atoms with Crippen molar-refractivity contribution >= 4 is 39.1 Å². The molecule has 3 nitrogen and oxygen atoms in total. The minimum atomic E-state index is -0.591. The molecule has 2 rings (SSSR count). The Balaban J connectivity index is 1.94. The van der Waals surface area contributed by atoms with Crippen molar-refractivity contribution in [3.8, 4) is 5.75 Å². The first kappa shape index (κ1) is 14.9. The normalized spacial score (nSPS) is 11.8. The SMILES string of the molecule is C[C@@H](Oc1ccc(Br)cc1)C(=O)Nc1ccc(Cl)cc1. The van der Waals surface area contributed by atoms with E-state index in [1.165, 1.54) is 0 Å². The highest BCUT2D eigenvalue weighted by Crippen LogP contribution is 2.18. The van der Waals surface area contributed by atoms with Crippen molar-refractivity contribution in [3.63, 3.8) is 0 Å². The number of carbonyl (C=O) groups excluding carboxylic acids is 1. The number of nitrogens with one attached hydrogen (secondary N) is 1. The number of amides is 1. The molecule has 2 aromatic carbocycles. The number of hydrogen-bond donors (Lipinski definition) is 1. The molecule has 0 aliphatic rings. The van der Waals surface area contributed by atoms with Crippen molar-refractivity contribution in [3.05, 3.63) is 58.0 Å². The number of hydrogen-bond acceptors (Lipinski definition) is 2. The fourth-order valence-electron chi connectivity index (χ4n) is 1.55. The summed E-state index contributed by atoms with van der Waals surface area (Å²) in [5.41, 5.74) is 0.686.